The van der Waals surface area contributed by atoms with Crippen molar-refractivity contribution in [2.24, 2.45) is 0 Å². The van der Waals surface area contributed by atoms with Gasteiger partial charge in [0.15, 0.2) is 0 Å². The maximum Gasteiger partial charge on any atom is 0.0209 e. The SMILES string of the molecule is CC(C)NC1CCN(C(C)CN(C)C)C1. The lowest BCUT2D eigenvalue weighted by Crippen LogP contribution is -2.42. The molecule has 1 heterocycles. The summed E-state index contributed by atoms with van der Waals surface area (Å²) in [6.45, 7) is 10.4. The Morgan fingerprint density at radius 2 is 2.00 bits per heavy atom. The van der Waals surface area contributed by atoms with Crippen molar-refractivity contribution in [3.8, 4) is 0 Å². The normalized spacial score (nSPS) is 25.4. The third-order valence-corrected chi connectivity index (χ3v) is 3.04. The molecular formula is C12H27N3. The van der Waals surface area contributed by atoms with Crippen molar-refractivity contribution < 1.29 is 0 Å². The van der Waals surface area contributed by atoms with Crippen molar-refractivity contribution in [3.63, 3.8) is 0 Å². The average molecular weight is 213 g/mol. The van der Waals surface area contributed by atoms with Crippen LogP contribution in [0.15, 0.2) is 0 Å². The Morgan fingerprint density at radius 1 is 1.33 bits per heavy atom. The number of likely N-dealkylation sites (tertiary alicyclic amines) is 1. The standard InChI is InChI=1S/C12H27N3/c1-10(2)13-12-6-7-15(9-12)11(3)8-14(4)5/h10-13H,6-9H2,1-5H3. The summed E-state index contributed by atoms with van der Waals surface area (Å²) in [6.07, 6.45) is 1.30. The average Bonchev–Trinajstić information content (AvgIpc) is 2.50. The van der Waals surface area contributed by atoms with Gasteiger partial charge in [0.05, 0.1) is 0 Å². The van der Waals surface area contributed by atoms with E-state index in [0.29, 0.717) is 18.1 Å². The zero-order chi connectivity index (χ0) is 11.4. The number of hydrogen-bond acceptors (Lipinski definition) is 3. The Kier molecular flexibility index (Phi) is 5.03. The van der Waals surface area contributed by atoms with Crippen LogP contribution in [0, 0.1) is 0 Å². The summed E-state index contributed by atoms with van der Waals surface area (Å²) in [4.78, 5) is 4.87. The van der Waals surface area contributed by atoms with Gasteiger partial charge in [-0.3, -0.25) is 4.90 Å². The van der Waals surface area contributed by atoms with Crippen molar-refractivity contribution >= 4 is 0 Å². The summed E-state index contributed by atoms with van der Waals surface area (Å²) < 4.78 is 0. The molecule has 1 fully saturated rings. The van der Waals surface area contributed by atoms with E-state index in [9.17, 15) is 0 Å². The van der Waals surface area contributed by atoms with E-state index in [1.807, 2.05) is 0 Å². The largest absolute Gasteiger partial charge is 0.310 e. The van der Waals surface area contributed by atoms with Crippen LogP contribution in [-0.2, 0) is 0 Å². The maximum atomic E-state index is 3.62. The van der Waals surface area contributed by atoms with Gasteiger partial charge >= 0.3 is 0 Å². The van der Waals surface area contributed by atoms with E-state index in [4.69, 9.17) is 0 Å². The van der Waals surface area contributed by atoms with Gasteiger partial charge in [-0.25, -0.2) is 0 Å². The van der Waals surface area contributed by atoms with Gasteiger partial charge in [0.25, 0.3) is 0 Å². The summed E-state index contributed by atoms with van der Waals surface area (Å²) in [5, 5.41) is 3.62. The predicted molar refractivity (Wildman–Crippen MR) is 66.3 cm³/mol. The second kappa shape index (κ2) is 5.83. The van der Waals surface area contributed by atoms with Crippen LogP contribution in [0.25, 0.3) is 0 Å². The molecule has 0 amide bonds. The quantitative estimate of drug-likeness (QED) is 0.735. The molecule has 1 saturated heterocycles. The van der Waals surface area contributed by atoms with Gasteiger partial charge in [-0.2, -0.15) is 0 Å². The molecule has 0 spiro atoms. The van der Waals surface area contributed by atoms with Gasteiger partial charge < -0.3 is 10.2 Å². The molecule has 0 radical (unpaired) electrons. The van der Waals surface area contributed by atoms with Crippen LogP contribution in [0.4, 0.5) is 0 Å². The van der Waals surface area contributed by atoms with Gasteiger partial charge in [-0.1, -0.05) is 13.8 Å². The number of nitrogens with one attached hydrogen (secondary N) is 1. The number of nitrogens with zero attached hydrogens (tertiary/aromatic N) is 2. The minimum absolute atomic E-state index is 0.610. The van der Waals surface area contributed by atoms with E-state index in [2.05, 4.69) is 50.0 Å². The first-order chi connectivity index (χ1) is 6.99. The van der Waals surface area contributed by atoms with E-state index in [0.717, 1.165) is 6.54 Å². The molecule has 1 aliphatic heterocycles. The first-order valence-electron chi connectivity index (χ1n) is 6.14. The Hall–Kier alpha value is -0.120. The van der Waals surface area contributed by atoms with Crippen molar-refractivity contribution in [1.29, 1.82) is 0 Å². The summed E-state index contributed by atoms with van der Waals surface area (Å²) >= 11 is 0. The van der Waals surface area contributed by atoms with E-state index in [1.165, 1.54) is 19.5 Å². The minimum Gasteiger partial charge on any atom is -0.310 e. The summed E-state index contributed by atoms with van der Waals surface area (Å²) in [7, 11) is 4.30. The zero-order valence-electron chi connectivity index (χ0n) is 11.0. The molecule has 0 aliphatic carbocycles. The Bertz CT molecular complexity index is 180. The van der Waals surface area contributed by atoms with Gasteiger partial charge in [0.1, 0.15) is 0 Å². The topological polar surface area (TPSA) is 18.5 Å². The van der Waals surface area contributed by atoms with E-state index < -0.39 is 0 Å². The number of rotatable bonds is 5. The Balaban J connectivity index is 2.29. The highest BCUT2D eigenvalue weighted by molar-refractivity contribution is 4.85. The van der Waals surface area contributed by atoms with Crippen molar-refractivity contribution in [2.75, 3.05) is 33.7 Å². The predicted octanol–water partition coefficient (Wildman–Crippen LogP) is 1.01. The second-order valence-electron chi connectivity index (χ2n) is 5.41. The molecule has 3 heteroatoms. The van der Waals surface area contributed by atoms with E-state index in [1.54, 1.807) is 0 Å². The summed E-state index contributed by atoms with van der Waals surface area (Å²) in [6, 6.07) is 1.99. The lowest BCUT2D eigenvalue weighted by molar-refractivity contribution is 0.204. The second-order valence-corrected chi connectivity index (χ2v) is 5.41. The molecule has 90 valence electrons. The highest BCUT2D eigenvalue weighted by Gasteiger charge is 2.26. The third kappa shape index (κ3) is 4.49. The molecular weight excluding hydrogens is 186 g/mol. The van der Waals surface area contributed by atoms with Crippen LogP contribution in [0.1, 0.15) is 27.2 Å². The maximum absolute atomic E-state index is 3.62. The van der Waals surface area contributed by atoms with Crippen molar-refractivity contribution in [2.45, 2.75) is 45.3 Å². The number of likely N-dealkylation sites (N-methyl/N-ethyl adjacent to an activating group) is 1. The third-order valence-electron chi connectivity index (χ3n) is 3.04. The van der Waals surface area contributed by atoms with Gasteiger partial charge in [-0.05, 0) is 27.4 Å². The van der Waals surface area contributed by atoms with Crippen LogP contribution in [0.5, 0.6) is 0 Å². The van der Waals surface area contributed by atoms with Gasteiger partial charge in [0.2, 0.25) is 0 Å². The van der Waals surface area contributed by atoms with E-state index in [-0.39, 0.29) is 0 Å². The minimum atomic E-state index is 0.610. The molecule has 0 aromatic carbocycles. The Labute approximate surface area is 94.8 Å². The summed E-state index contributed by atoms with van der Waals surface area (Å²) in [5.74, 6) is 0. The molecule has 0 saturated carbocycles. The Morgan fingerprint density at radius 3 is 2.53 bits per heavy atom. The smallest absolute Gasteiger partial charge is 0.0209 e. The summed E-state index contributed by atoms with van der Waals surface area (Å²) in [5.41, 5.74) is 0. The molecule has 2 unspecified atom stereocenters. The van der Waals surface area contributed by atoms with Crippen LogP contribution in [0.3, 0.4) is 0 Å². The van der Waals surface area contributed by atoms with Gasteiger partial charge in [-0.15, -0.1) is 0 Å². The molecule has 0 aromatic heterocycles. The fourth-order valence-corrected chi connectivity index (χ4v) is 2.44. The van der Waals surface area contributed by atoms with E-state index >= 15 is 0 Å². The molecule has 0 aromatic rings. The van der Waals surface area contributed by atoms with Crippen LogP contribution >= 0.6 is 0 Å². The molecule has 3 nitrogen and oxygen atoms in total. The fourth-order valence-electron chi connectivity index (χ4n) is 2.44. The van der Waals surface area contributed by atoms with Crippen LogP contribution in [-0.4, -0.2) is 61.7 Å². The van der Waals surface area contributed by atoms with Crippen LogP contribution in [0.2, 0.25) is 0 Å². The zero-order valence-corrected chi connectivity index (χ0v) is 11.0. The highest BCUT2D eigenvalue weighted by atomic mass is 15.2. The fraction of sp³-hybridized carbons (Fsp3) is 1.00. The molecule has 2 atom stereocenters. The number of hydrogen-bond donors (Lipinski definition) is 1. The van der Waals surface area contributed by atoms with Crippen LogP contribution < -0.4 is 5.32 Å². The lowest BCUT2D eigenvalue weighted by atomic mass is 10.2. The molecule has 0 bridgehead atoms. The van der Waals surface area contributed by atoms with Gasteiger partial charge in [0, 0.05) is 37.8 Å². The molecule has 1 rings (SSSR count). The van der Waals surface area contributed by atoms with Crippen molar-refractivity contribution in [1.82, 2.24) is 15.1 Å². The highest BCUT2D eigenvalue weighted by Crippen LogP contribution is 2.13. The monoisotopic (exact) mass is 213 g/mol. The first kappa shape index (κ1) is 12.9. The van der Waals surface area contributed by atoms with Crippen molar-refractivity contribution in [3.05, 3.63) is 0 Å². The molecule has 1 aliphatic rings. The molecule has 15 heavy (non-hydrogen) atoms. The lowest BCUT2D eigenvalue weighted by Gasteiger charge is -2.27. The first-order valence-corrected chi connectivity index (χ1v) is 6.14. The molecule has 1 N–H and O–H groups in total.